The molecule has 2 aliphatic heterocycles. The van der Waals surface area contributed by atoms with Gasteiger partial charge in [-0.05, 0) is 118 Å². The van der Waals surface area contributed by atoms with E-state index >= 15 is 19.2 Å². The van der Waals surface area contributed by atoms with Crippen LogP contribution in [0.5, 0.6) is 0 Å². The molecule has 0 radical (unpaired) electrons. The molecule has 6 aromatic carbocycles. The van der Waals surface area contributed by atoms with Crippen molar-refractivity contribution >= 4 is 142 Å². The molecule has 0 fully saturated rings. The highest BCUT2D eigenvalue weighted by Gasteiger charge is 2.46. The van der Waals surface area contributed by atoms with Crippen molar-refractivity contribution in [3.8, 4) is 19.5 Å². The lowest BCUT2D eigenvalue weighted by Crippen LogP contribution is -2.46. The van der Waals surface area contributed by atoms with Crippen molar-refractivity contribution in [3.63, 3.8) is 0 Å². The van der Waals surface area contributed by atoms with E-state index in [1.807, 2.05) is 0 Å². The van der Waals surface area contributed by atoms with Gasteiger partial charge in [-0.1, -0.05) is 320 Å². The summed E-state index contributed by atoms with van der Waals surface area (Å²) in [6, 6.07) is 35.2. The molecule has 6 nitrogen and oxygen atoms in total. The summed E-state index contributed by atoms with van der Waals surface area (Å²) in [7, 11) is 0. The van der Waals surface area contributed by atoms with Gasteiger partial charge in [-0.3, -0.25) is 29.0 Å². The quantitative estimate of drug-likeness (QED) is 0.0281. The van der Waals surface area contributed by atoms with Gasteiger partial charge in [-0.25, -0.2) is 0 Å². The Morgan fingerprint density at radius 2 is 0.529 bits per heavy atom. The number of fused-ring (bicyclic) bond motifs is 10. The first-order valence-electron chi connectivity index (χ1n) is 41.3. The van der Waals surface area contributed by atoms with E-state index in [0.29, 0.717) is 46.1 Å². The summed E-state index contributed by atoms with van der Waals surface area (Å²) in [6.07, 6.45) is 51.6. The van der Waals surface area contributed by atoms with Gasteiger partial charge < -0.3 is 0 Å². The van der Waals surface area contributed by atoms with Crippen molar-refractivity contribution < 1.29 is 19.2 Å². The number of carbonyl (C=O) groups excluding carboxylic acids is 4. The van der Waals surface area contributed by atoms with Crippen LogP contribution in [0.4, 0.5) is 0 Å². The molecule has 6 heterocycles. The largest absolute Gasteiger partial charge is 0.274 e. The van der Waals surface area contributed by atoms with Gasteiger partial charge in [0.15, 0.2) is 0 Å². The maximum absolute atomic E-state index is 16.5. The predicted octanol–water partition coefficient (Wildman–Crippen LogP) is 30.2. The number of hydrogen-bond acceptors (Lipinski definition) is 8. The first-order valence-corrected chi connectivity index (χ1v) is 44.5. The number of benzene rings is 6. The van der Waals surface area contributed by atoms with E-state index in [1.165, 1.54) is 224 Å². The Morgan fingerprint density at radius 1 is 0.275 bits per heavy atom. The van der Waals surface area contributed by atoms with Gasteiger partial charge in [-0.15, -0.1) is 45.3 Å². The lowest BCUT2D eigenvalue weighted by Gasteiger charge is -2.35. The van der Waals surface area contributed by atoms with Crippen LogP contribution in [0.25, 0.3) is 92.2 Å². The van der Waals surface area contributed by atoms with Gasteiger partial charge in [-0.2, -0.15) is 0 Å². The number of imide groups is 2. The first kappa shape index (κ1) is 75.9. The van der Waals surface area contributed by atoms with Crippen LogP contribution in [0, 0.1) is 11.8 Å². The normalized spacial score (nSPS) is 14.0. The highest BCUT2D eigenvalue weighted by molar-refractivity contribution is 7.29. The number of hydrogen-bond donors (Lipinski definition) is 0. The Balaban J connectivity index is 0.947. The van der Waals surface area contributed by atoms with Crippen LogP contribution in [0.2, 0.25) is 0 Å². The molecule has 10 heteroatoms. The molecule has 4 aromatic heterocycles. The van der Waals surface area contributed by atoms with Crippen LogP contribution in [0.1, 0.15) is 339 Å². The monoisotopic (exact) mass is 1440 g/mol. The second-order valence-electron chi connectivity index (χ2n) is 31.0. The van der Waals surface area contributed by atoms with E-state index in [1.54, 1.807) is 55.1 Å². The molecule has 0 saturated carbocycles. The number of nitrogens with zero attached hydrogens (tertiary/aromatic N) is 2. The molecule has 2 aliphatic rings. The Hall–Kier alpha value is -5.78. The minimum atomic E-state index is -0.283. The summed E-state index contributed by atoms with van der Waals surface area (Å²) in [5, 5.41) is 9.56. The van der Waals surface area contributed by atoms with Gasteiger partial charge in [0.05, 0.1) is 22.3 Å². The van der Waals surface area contributed by atoms with Crippen molar-refractivity contribution in [2.45, 2.75) is 297 Å². The molecule has 0 bridgehead atoms. The first-order chi connectivity index (χ1) is 50.2. The summed E-state index contributed by atoms with van der Waals surface area (Å²) in [5.74, 6) is -0.826. The molecule has 102 heavy (non-hydrogen) atoms. The lowest BCUT2D eigenvalue weighted by molar-refractivity contribution is 0.0560. The standard InChI is InChI=1S/C92H118N2O4S4/c1-5-9-13-17-21-25-27-29-33-37-41-49-65(47-39-35-31-23-19-15-11-7-3)63-93-89(95)81-73-61-79(77-59-71-55-67-51-43-45-53-69(67)57-75(71)99-77)102-88(73)86-84-82(74-62-80(101-87(74)85(83(81)84)91(93)97)78-60-72-56-68-52-44-46-54-70(68)58-76(72)100-78)90(96)94(92(86)98)64-66(48-40-36-32-24-20-16-12-8-4)50-42-38-34-30-28-26-22-18-14-10-6-2/h43-46,51-62,65-66H,5-42,47-50,63-64H2,1-4H3. The summed E-state index contributed by atoms with van der Waals surface area (Å²) < 4.78 is 3.87. The minimum absolute atomic E-state index is 0.151. The highest BCUT2D eigenvalue weighted by Crippen LogP contribution is 2.54. The van der Waals surface area contributed by atoms with Gasteiger partial charge >= 0.3 is 0 Å². The number of unbranched alkanes of at least 4 members (excludes halogenated alkanes) is 34. The number of thiophene rings is 4. The number of carbonyl (C=O) groups is 4. The van der Waals surface area contributed by atoms with E-state index in [2.05, 4.69) is 125 Å². The van der Waals surface area contributed by atoms with E-state index in [9.17, 15) is 0 Å². The van der Waals surface area contributed by atoms with Gasteiger partial charge in [0.1, 0.15) is 0 Å². The SMILES string of the molecule is CCCCCCCCCCCCCC(CCCCCCCCCC)CN1C(=O)c2c3cc(-c4cc5cc6ccccc6cc5s4)sc3c3c4c(c5cc(-c6cc7cc8ccccc8cc7s6)sc5c(c24)C1=O)C(=O)N(CC(CCCCCCCCCC)CCCCCCCCCCCCC)C3=O. The molecular weight excluding hydrogens is 1330 g/mol. The summed E-state index contributed by atoms with van der Waals surface area (Å²) in [4.78, 5) is 73.5. The smallest absolute Gasteiger partial charge is 0.262 e. The van der Waals surface area contributed by atoms with Crippen LogP contribution < -0.4 is 0 Å². The second-order valence-corrected chi connectivity index (χ2v) is 35.3. The summed E-state index contributed by atoms with van der Waals surface area (Å²) in [5.41, 5.74) is 1.95. The van der Waals surface area contributed by atoms with Crippen LogP contribution in [-0.2, 0) is 0 Å². The minimum Gasteiger partial charge on any atom is -0.274 e. The second kappa shape index (κ2) is 38.5. The average molecular weight is 1440 g/mol. The van der Waals surface area contributed by atoms with Gasteiger partial charge in [0, 0.05) is 72.9 Å². The molecule has 2 atom stereocenters. The van der Waals surface area contributed by atoms with Crippen molar-refractivity contribution in [1.82, 2.24) is 9.80 Å². The van der Waals surface area contributed by atoms with Crippen molar-refractivity contribution in [2.24, 2.45) is 11.8 Å². The number of amides is 4. The third kappa shape index (κ3) is 18.5. The molecule has 10 aromatic rings. The zero-order chi connectivity index (χ0) is 70.6. The lowest BCUT2D eigenvalue weighted by atomic mass is 9.82. The van der Waals surface area contributed by atoms with Crippen LogP contribution in [0.15, 0.2) is 97.1 Å². The maximum Gasteiger partial charge on any atom is 0.262 e. The molecule has 4 amide bonds. The fourth-order valence-electron chi connectivity index (χ4n) is 17.1. The Morgan fingerprint density at radius 3 is 0.824 bits per heavy atom. The number of rotatable bonds is 48. The molecule has 12 rings (SSSR count). The highest BCUT2D eigenvalue weighted by atomic mass is 32.1. The third-order valence-corrected chi connectivity index (χ3v) is 27.9. The third-order valence-electron chi connectivity index (χ3n) is 23.0. The van der Waals surface area contributed by atoms with Crippen molar-refractivity contribution in [1.29, 1.82) is 0 Å². The van der Waals surface area contributed by atoms with Crippen LogP contribution in [-0.4, -0.2) is 46.5 Å². The fraction of sp³-hybridized carbons (Fsp3) is 0.543. The molecule has 0 N–H and O–H groups in total. The van der Waals surface area contributed by atoms with E-state index in [4.69, 9.17) is 0 Å². The Labute approximate surface area is 627 Å². The molecule has 544 valence electrons. The molecular formula is C92H118N2O4S4. The predicted molar refractivity (Wildman–Crippen MR) is 446 cm³/mol. The topological polar surface area (TPSA) is 74.8 Å². The average Bonchev–Trinajstić information content (AvgIpc) is 1.38. The van der Waals surface area contributed by atoms with E-state index in [-0.39, 0.29) is 35.5 Å². The fourth-order valence-corrected chi connectivity index (χ4v) is 21.9. The van der Waals surface area contributed by atoms with Crippen LogP contribution in [0.3, 0.4) is 0 Å². The van der Waals surface area contributed by atoms with Gasteiger partial charge in [0.2, 0.25) is 0 Å². The zero-order valence-corrected chi connectivity index (χ0v) is 65.9. The van der Waals surface area contributed by atoms with Crippen molar-refractivity contribution in [2.75, 3.05) is 13.1 Å². The van der Waals surface area contributed by atoms with Crippen molar-refractivity contribution in [3.05, 3.63) is 119 Å². The zero-order valence-electron chi connectivity index (χ0n) is 62.7. The molecule has 0 spiro atoms. The Kier molecular flexibility index (Phi) is 28.6. The molecule has 0 aliphatic carbocycles. The van der Waals surface area contributed by atoms with Crippen LogP contribution >= 0.6 is 45.3 Å². The summed E-state index contributed by atoms with van der Waals surface area (Å²) >= 11 is 6.69. The van der Waals surface area contributed by atoms with E-state index < -0.39 is 0 Å². The van der Waals surface area contributed by atoms with E-state index in [0.717, 1.165) is 128 Å². The molecule has 2 unspecified atom stereocenters. The summed E-state index contributed by atoms with van der Waals surface area (Å²) in [6.45, 7) is 9.85. The Bertz CT molecular complexity index is 3930. The molecule has 0 saturated heterocycles. The van der Waals surface area contributed by atoms with Gasteiger partial charge in [0.25, 0.3) is 23.6 Å². The maximum atomic E-state index is 16.5.